The van der Waals surface area contributed by atoms with Gasteiger partial charge in [0.1, 0.15) is 0 Å². The fraction of sp³-hybridized carbons (Fsp3) is 0.333. The lowest BCUT2D eigenvalue weighted by molar-refractivity contribution is -0.133. The highest BCUT2D eigenvalue weighted by Gasteiger charge is 2.24. The number of hydrogen-bond acceptors (Lipinski definition) is 4. The lowest BCUT2D eigenvalue weighted by atomic mass is 10.1. The maximum atomic E-state index is 11.7. The molecule has 1 heterocycles. The summed E-state index contributed by atoms with van der Waals surface area (Å²) in [6.45, 7) is 5.41. The molecule has 0 radical (unpaired) electrons. The van der Waals surface area contributed by atoms with Crippen molar-refractivity contribution in [3.8, 4) is 0 Å². The van der Waals surface area contributed by atoms with Crippen LogP contribution >= 0.6 is 0 Å². The van der Waals surface area contributed by atoms with Crippen molar-refractivity contribution in [2.75, 3.05) is 14.2 Å². The first-order chi connectivity index (χ1) is 7.93. The van der Waals surface area contributed by atoms with Gasteiger partial charge in [-0.2, -0.15) is 0 Å². The molecule has 0 bridgehead atoms. The first-order valence-corrected chi connectivity index (χ1v) is 4.95. The van der Waals surface area contributed by atoms with Crippen LogP contribution in [0.25, 0.3) is 5.57 Å². The highest BCUT2D eigenvalue weighted by atomic mass is 16.5. The Kier molecular flexibility index (Phi) is 3.73. The van der Waals surface area contributed by atoms with Gasteiger partial charge in [-0.05, 0) is 12.5 Å². The van der Waals surface area contributed by atoms with Crippen molar-refractivity contribution in [2.45, 2.75) is 6.92 Å². The Labute approximate surface area is 99.6 Å². The molecular weight excluding hydrogens is 222 g/mol. The maximum Gasteiger partial charge on any atom is 0.340 e. The fourth-order valence-electron chi connectivity index (χ4n) is 1.73. The van der Waals surface area contributed by atoms with E-state index in [-0.39, 0.29) is 5.57 Å². The van der Waals surface area contributed by atoms with Gasteiger partial charge in [-0.15, -0.1) is 0 Å². The molecule has 92 valence electrons. The predicted molar refractivity (Wildman–Crippen MR) is 62.5 cm³/mol. The van der Waals surface area contributed by atoms with E-state index in [1.807, 2.05) is 0 Å². The molecule has 1 rings (SSSR count). The minimum atomic E-state index is -0.573. The van der Waals surface area contributed by atoms with Crippen LogP contribution in [0.4, 0.5) is 0 Å². The molecule has 0 saturated carbocycles. The van der Waals surface area contributed by atoms with Gasteiger partial charge in [0.2, 0.25) is 0 Å². The zero-order chi connectivity index (χ0) is 13.2. The molecule has 1 aromatic rings. The monoisotopic (exact) mass is 237 g/mol. The third-order valence-electron chi connectivity index (χ3n) is 2.48. The number of rotatable bonds is 3. The lowest BCUT2D eigenvalue weighted by Gasteiger charge is -2.08. The van der Waals surface area contributed by atoms with Gasteiger partial charge in [0.05, 0.1) is 31.1 Å². The number of carbonyl (C=O) groups is 2. The second-order valence-corrected chi connectivity index (χ2v) is 3.61. The molecule has 0 unspecified atom stereocenters. The van der Waals surface area contributed by atoms with Crippen LogP contribution in [0.2, 0.25) is 0 Å². The first kappa shape index (κ1) is 13.0. The van der Waals surface area contributed by atoms with Crippen molar-refractivity contribution in [2.24, 2.45) is 7.05 Å². The van der Waals surface area contributed by atoms with Crippen molar-refractivity contribution < 1.29 is 19.1 Å². The Morgan fingerprint density at radius 3 is 2.35 bits per heavy atom. The number of aryl methyl sites for hydroxylation is 2. The van der Waals surface area contributed by atoms with Gasteiger partial charge in [0, 0.05) is 13.2 Å². The number of aromatic nitrogens is 1. The van der Waals surface area contributed by atoms with Crippen LogP contribution in [0, 0.1) is 6.92 Å². The number of ether oxygens (including phenoxy) is 2. The molecule has 0 fully saturated rings. The van der Waals surface area contributed by atoms with Crippen molar-refractivity contribution >= 4 is 17.5 Å². The Morgan fingerprint density at radius 2 is 1.88 bits per heavy atom. The summed E-state index contributed by atoms with van der Waals surface area (Å²) < 4.78 is 10.9. The van der Waals surface area contributed by atoms with Crippen molar-refractivity contribution in [1.82, 2.24) is 4.57 Å². The Morgan fingerprint density at radius 1 is 1.29 bits per heavy atom. The molecule has 5 nitrogen and oxygen atoms in total. The molecule has 0 amide bonds. The quantitative estimate of drug-likeness (QED) is 0.587. The molecule has 0 aromatic carbocycles. The summed E-state index contributed by atoms with van der Waals surface area (Å²) in [5.41, 5.74) is 1.61. The average Bonchev–Trinajstić information content (AvgIpc) is 2.61. The zero-order valence-electron chi connectivity index (χ0n) is 10.4. The van der Waals surface area contributed by atoms with Crippen LogP contribution in [0.1, 0.15) is 21.6 Å². The van der Waals surface area contributed by atoms with E-state index in [9.17, 15) is 9.59 Å². The van der Waals surface area contributed by atoms with Gasteiger partial charge in [-0.3, -0.25) is 0 Å². The molecule has 5 heteroatoms. The number of esters is 2. The van der Waals surface area contributed by atoms with Crippen molar-refractivity contribution in [3.63, 3.8) is 0 Å². The summed E-state index contributed by atoms with van der Waals surface area (Å²) in [6, 6.07) is 0. The van der Waals surface area contributed by atoms with Crippen LogP contribution in [-0.4, -0.2) is 30.7 Å². The Hall–Kier alpha value is -2.04. The van der Waals surface area contributed by atoms with Crippen LogP contribution in [0.15, 0.2) is 12.8 Å². The second kappa shape index (κ2) is 4.86. The van der Waals surface area contributed by atoms with Gasteiger partial charge in [0.25, 0.3) is 0 Å². The van der Waals surface area contributed by atoms with Crippen LogP contribution in [0.5, 0.6) is 0 Å². The van der Waals surface area contributed by atoms with E-state index in [0.29, 0.717) is 11.3 Å². The van der Waals surface area contributed by atoms with Gasteiger partial charge in [-0.1, -0.05) is 6.58 Å². The first-order valence-electron chi connectivity index (χ1n) is 4.95. The zero-order valence-corrected chi connectivity index (χ0v) is 10.4. The molecular formula is C12H15NO4. The normalized spacial score (nSPS) is 9.88. The molecule has 0 N–H and O–H groups in total. The number of hydrogen-bond donors (Lipinski definition) is 0. The molecule has 0 aliphatic heterocycles. The molecule has 0 aliphatic carbocycles. The molecule has 0 aliphatic rings. The lowest BCUT2D eigenvalue weighted by Crippen LogP contribution is -2.12. The van der Waals surface area contributed by atoms with Crippen molar-refractivity contribution in [1.29, 1.82) is 0 Å². The number of methoxy groups -OCH3 is 2. The average molecular weight is 237 g/mol. The van der Waals surface area contributed by atoms with E-state index in [1.54, 1.807) is 24.7 Å². The van der Waals surface area contributed by atoms with Crippen molar-refractivity contribution in [3.05, 3.63) is 29.6 Å². The smallest absolute Gasteiger partial charge is 0.340 e. The van der Waals surface area contributed by atoms with Gasteiger partial charge < -0.3 is 14.0 Å². The topological polar surface area (TPSA) is 57.5 Å². The van der Waals surface area contributed by atoms with E-state index >= 15 is 0 Å². The Balaban J connectivity index is 3.37. The molecule has 1 aromatic heterocycles. The highest BCUT2D eigenvalue weighted by molar-refractivity contribution is 6.17. The molecule has 0 saturated heterocycles. The van der Waals surface area contributed by atoms with E-state index in [0.717, 1.165) is 5.56 Å². The van der Waals surface area contributed by atoms with E-state index in [4.69, 9.17) is 0 Å². The largest absolute Gasteiger partial charge is 0.465 e. The number of carbonyl (C=O) groups excluding carboxylic acids is 2. The van der Waals surface area contributed by atoms with Gasteiger partial charge >= 0.3 is 11.9 Å². The fourth-order valence-corrected chi connectivity index (χ4v) is 1.73. The second-order valence-electron chi connectivity index (χ2n) is 3.61. The minimum absolute atomic E-state index is 0.128. The standard InChI is InChI=1S/C12H15NO4/c1-7-6-13(3)10(8(2)11(14)16-4)9(7)12(15)17-5/h6H,2H2,1,3-5H3. The van der Waals surface area contributed by atoms with E-state index in [1.165, 1.54) is 14.2 Å². The molecule has 0 atom stereocenters. The summed E-state index contributed by atoms with van der Waals surface area (Å²) in [7, 11) is 4.28. The SMILES string of the molecule is C=C(C(=O)OC)c1c(C(=O)OC)c(C)cn1C. The minimum Gasteiger partial charge on any atom is -0.465 e. The predicted octanol–water partition coefficient (Wildman–Crippen LogP) is 1.31. The van der Waals surface area contributed by atoms with Crippen LogP contribution in [0.3, 0.4) is 0 Å². The Bertz CT molecular complexity index is 485. The third kappa shape index (κ3) is 2.22. The van der Waals surface area contributed by atoms with E-state index < -0.39 is 11.9 Å². The molecule has 0 spiro atoms. The summed E-state index contributed by atoms with van der Waals surface area (Å²) in [4.78, 5) is 23.1. The maximum absolute atomic E-state index is 11.7. The summed E-state index contributed by atoms with van der Waals surface area (Å²) in [5, 5.41) is 0. The molecule has 17 heavy (non-hydrogen) atoms. The van der Waals surface area contributed by atoms with Gasteiger partial charge in [0.15, 0.2) is 0 Å². The van der Waals surface area contributed by atoms with Crippen LogP contribution < -0.4 is 0 Å². The van der Waals surface area contributed by atoms with Crippen LogP contribution in [-0.2, 0) is 21.3 Å². The summed E-state index contributed by atoms with van der Waals surface area (Å²) >= 11 is 0. The summed E-state index contributed by atoms with van der Waals surface area (Å²) in [6.07, 6.45) is 1.73. The van der Waals surface area contributed by atoms with E-state index in [2.05, 4.69) is 16.1 Å². The van der Waals surface area contributed by atoms with Gasteiger partial charge in [-0.25, -0.2) is 9.59 Å². The summed E-state index contributed by atoms with van der Waals surface area (Å²) in [5.74, 6) is -1.07. The highest BCUT2D eigenvalue weighted by Crippen LogP contribution is 2.24. The third-order valence-corrected chi connectivity index (χ3v) is 2.48. The number of nitrogens with zero attached hydrogens (tertiary/aromatic N) is 1.